The van der Waals surface area contributed by atoms with E-state index in [1.165, 1.54) is 6.26 Å². The fourth-order valence-electron chi connectivity index (χ4n) is 3.57. The van der Waals surface area contributed by atoms with Crippen LogP contribution in [0.3, 0.4) is 0 Å². The molecule has 0 radical (unpaired) electrons. The smallest absolute Gasteiger partial charge is 0.290 e. The van der Waals surface area contributed by atoms with E-state index in [4.69, 9.17) is 4.42 Å². The average molecular weight is 378 g/mol. The number of fused-ring (bicyclic) bond motifs is 1. The molecule has 1 aromatic carbocycles. The van der Waals surface area contributed by atoms with Crippen molar-refractivity contribution in [2.45, 2.75) is 39.2 Å². The zero-order chi connectivity index (χ0) is 19.5. The zero-order valence-electron chi connectivity index (χ0n) is 15.7. The average Bonchev–Trinajstić information content (AvgIpc) is 3.22. The number of rotatable bonds is 3. The van der Waals surface area contributed by atoms with Gasteiger partial charge in [-0.15, -0.1) is 0 Å². The lowest BCUT2D eigenvalue weighted by atomic mass is 10.1. The van der Waals surface area contributed by atoms with Crippen LogP contribution in [0.1, 0.15) is 51.6 Å². The Kier molecular flexibility index (Phi) is 4.97. The minimum Gasteiger partial charge on any atom is -0.469 e. The summed E-state index contributed by atoms with van der Waals surface area (Å²) in [6.45, 7) is 2.53. The Bertz CT molecular complexity index is 1000. The molecule has 0 saturated carbocycles. The van der Waals surface area contributed by atoms with E-state index in [2.05, 4.69) is 20.4 Å². The SMILES string of the molecule is Cc1occc1C(=O)NNC(=O)c1nc(-c2ccccc2)n2c1CCCCC2. The molecule has 0 unspecified atom stereocenters. The highest BCUT2D eigenvalue weighted by molar-refractivity contribution is 5.99. The summed E-state index contributed by atoms with van der Waals surface area (Å²) >= 11 is 0. The lowest BCUT2D eigenvalue weighted by Gasteiger charge is -2.09. The largest absolute Gasteiger partial charge is 0.469 e. The number of hydrogen-bond donors (Lipinski definition) is 2. The zero-order valence-corrected chi connectivity index (χ0v) is 15.7. The summed E-state index contributed by atoms with van der Waals surface area (Å²) in [6, 6.07) is 11.4. The highest BCUT2D eigenvalue weighted by Crippen LogP contribution is 2.27. The van der Waals surface area contributed by atoms with Gasteiger partial charge in [-0.1, -0.05) is 36.8 Å². The third-order valence-electron chi connectivity index (χ3n) is 5.01. The summed E-state index contributed by atoms with van der Waals surface area (Å²) < 4.78 is 7.27. The Labute approximate surface area is 162 Å². The molecule has 0 spiro atoms. The van der Waals surface area contributed by atoms with Gasteiger partial charge in [-0.05, 0) is 32.3 Å². The second-order valence-corrected chi connectivity index (χ2v) is 6.86. The van der Waals surface area contributed by atoms with Crippen LogP contribution in [0.5, 0.6) is 0 Å². The monoisotopic (exact) mass is 378 g/mol. The van der Waals surface area contributed by atoms with Crippen molar-refractivity contribution in [3.05, 3.63) is 65.4 Å². The van der Waals surface area contributed by atoms with E-state index in [0.29, 0.717) is 17.0 Å². The van der Waals surface area contributed by atoms with E-state index in [-0.39, 0.29) is 0 Å². The van der Waals surface area contributed by atoms with Crippen LogP contribution in [0.4, 0.5) is 0 Å². The first-order valence-corrected chi connectivity index (χ1v) is 9.44. The molecule has 7 heteroatoms. The first-order valence-electron chi connectivity index (χ1n) is 9.44. The molecule has 0 bridgehead atoms. The number of benzene rings is 1. The van der Waals surface area contributed by atoms with Gasteiger partial charge < -0.3 is 8.98 Å². The number of hydrazine groups is 1. The van der Waals surface area contributed by atoms with Crippen LogP contribution >= 0.6 is 0 Å². The first kappa shape index (κ1) is 18.0. The summed E-state index contributed by atoms with van der Waals surface area (Å²) in [5, 5.41) is 0. The highest BCUT2D eigenvalue weighted by atomic mass is 16.3. The Balaban J connectivity index is 1.60. The number of carbonyl (C=O) groups is 2. The van der Waals surface area contributed by atoms with Crippen LogP contribution in [0.15, 0.2) is 47.1 Å². The number of furan rings is 1. The maximum atomic E-state index is 12.8. The topological polar surface area (TPSA) is 89.2 Å². The minimum absolute atomic E-state index is 0.366. The highest BCUT2D eigenvalue weighted by Gasteiger charge is 2.24. The van der Waals surface area contributed by atoms with Crippen molar-refractivity contribution in [3.63, 3.8) is 0 Å². The van der Waals surface area contributed by atoms with Crippen LogP contribution in [0, 0.1) is 6.92 Å². The summed E-state index contributed by atoms with van der Waals surface area (Å²) in [4.78, 5) is 29.7. The lowest BCUT2D eigenvalue weighted by molar-refractivity contribution is 0.0842. The molecule has 2 amide bonds. The molecule has 1 aliphatic heterocycles. The van der Waals surface area contributed by atoms with Gasteiger partial charge in [-0.3, -0.25) is 20.4 Å². The normalized spacial score (nSPS) is 13.5. The van der Waals surface area contributed by atoms with Gasteiger partial charge >= 0.3 is 0 Å². The second-order valence-electron chi connectivity index (χ2n) is 6.86. The van der Waals surface area contributed by atoms with E-state index in [1.807, 2.05) is 30.3 Å². The van der Waals surface area contributed by atoms with Crippen molar-refractivity contribution in [3.8, 4) is 11.4 Å². The number of aromatic nitrogens is 2. The molecule has 0 aliphatic carbocycles. The van der Waals surface area contributed by atoms with Crippen molar-refractivity contribution in [1.82, 2.24) is 20.4 Å². The van der Waals surface area contributed by atoms with Gasteiger partial charge in [-0.25, -0.2) is 4.98 Å². The van der Waals surface area contributed by atoms with E-state index >= 15 is 0 Å². The third kappa shape index (κ3) is 3.43. The van der Waals surface area contributed by atoms with Crippen LogP contribution < -0.4 is 10.9 Å². The van der Waals surface area contributed by atoms with Gasteiger partial charge in [0, 0.05) is 12.1 Å². The minimum atomic E-state index is -0.423. The number of imidazole rings is 1. The third-order valence-corrected chi connectivity index (χ3v) is 5.01. The molecule has 144 valence electrons. The van der Waals surface area contributed by atoms with E-state index in [0.717, 1.165) is 49.3 Å². The summed E-state index contributed by atoms with van der Waals surface area (Å²) in [7, 11) is 0. The van der Waals surface area contributed by atoms with Crippen molar-refractivity contribution < 1.29 is 14.0 Å². The second kappa shape index (κ2) is 7.72. The predicted molar refractivity (Wildman–Crippen MR) is 104 cm³/mol. The van der Waals surface area contributed by atoms with E-state index in [9.17, 15) is 9.59 Å². The Morgan fingerprint density at radius 1 is 1.04 bits per heavy atom. The van der Waals surface area contributed by atoms with Gasteiger partial charge in [0.15, 0.2) is 5.69 Å². The maximum absolute atomic E-state index is 12.8. The summed E-state index contributed by atoms with van der Waals surface area (Å²) in [5.74, 6) is 0.448. The Morgan fingerprint density at radius 2 is 1.82 bits per heavy atom. The number of hydrogen-bond acceptors (Lipinski definition) is 4. The van der Waals surface area contributed by atoms with E-state index in [1.54, 1.807) is 13.0 Å². The number of nitrogens with one attached hydrogen (secondary N) is 2. The molecule has 4 rings (SSSR count). The molecule has 3 aromatic rings. The summed E-state index contributed by atoms with van der Waals surface area (Å²) in [5.41, 5.74) is 7.58. The number of amides is 2. The molecule has 0 fully saturated rings. The van der Waals surface area contributed by atoms with Crippen molar-refractivity contribution >= 4 is 11.8 Å². The van der Waals surface area contributed by atoms with Crippen molar-refractivity contribution in [2.75, 3.05) is 0 Å². The molecule has 28 heavy (non-hydrogen) atoms. The maximum Gasteiger partial charge on any atom is 0.290 e. The van der Waals surface area contributed by atoms with Gasteiger partial charge in [0.05, 0.1) is 17.5 Å². The van der Waals surface area contributed by atoms with E-state index < -0.39 is 11.8 Å². The molecule has 2 aromatic heterocycles. The van der Waals surface area contributed by atoms with Crippen LogP contribution in [0.2, 0.25) is 0 Å². The predicted octanol–water partition coefficient (Wildman–Crippen LogP) is 3.25. The Morgan fingerprint density at radius 3 is 2.57 bits per heavy atom. The number of aryl methyl sites for hydroxylation is 1. The quantitative estimate of drug-likeness (QED) is 0.685. The van der Waals surface area contributed by atoms with Gasteiger partial charge in [0.25, 0.3) is 11.8 Å². The van der Waals surface area contributed by atoms with Crippen LogP contribution in [-0.4, -0.2) is 21.4 Å². The standard InChI is InChI=1S/C21H22N4O3/c1-14-16(11-13-28-14)20(26)23-24-21(27)18-17-10-6-3-7-12-25(17)19(22-18)15-8-4-2-5-9-15/h2,4-5,8-9,11,13H,3,6-7,10,12H2,1H3,(H,23,26)(H,24,27). The van der Waals surface area contributed by atoms with Crippen LogP contribution in [-0.2, 0) is 13.0 Å². The molecule has 1 aliphatic rings. The molecular weight excluding hydrogens is 356 g/mol. The van der Waals surface area contributed by atoms with Crippen molar-refractivity contribution in [1.29, 1.82) is 0 Å². The van der Waals surface area contributed by atoms with Gasteiger partial charge in [0.1, 0.15) is 11.6 Å². The van der Waals surface area contributed by atoms with Crippen molar-refractivity contribution in [2.24, 2.45) is 0 Å². The fraction of sp³-hybridized carbons (Fsp3) is 0.286. The molecule has 0 saturated heterocycles. The molecule has 2 N–H and O–H groups in total. The summed E-state index contributed by atoms with van der Waals surface area (Å²) in [6.07, 6.45) is 5.42. The number of carbonyl (C=O) groups excluding carboxylic acids is 2. The van der Waals surface area contributed by atoms with Gasteiger partial charge in [-0.2, -0.15) is 0 Å². The fourth-order valence-corrected chi connectivity index (χ4v) is 3.57. The lowest BCUT2D eigenvalue weighted by Crippen LogP contribution is -2.42. The molecule has 3 heterocycles. The Hall–Kier alpha value is -3.35. The number of nitrogens with zero attached hydrogens (tertiary/aromatic N) is 2. The van der Waals surface area contributed by atoms with Crippen LogP contribution in [0.25, 0.3) is 11.4 Å². The molecule has 0 atom stereocenters. The molecule has 7 nitrogen and oxygen atoms in total. The first-order chi connectivity index (χ1) is 13.6. The molecular formula is C21H22N4O3. The van der Waals surface area contributed by atoms with Gasteiger partial charge in [0.2, 0.25) is 0 Å².